The van der Waals surface area contributed by atoms with Gasteiger partial charge in [-0.2, -0.15) is 0 Å². The third kappa shape index (κ3) is 3.46. The number of Topliss-reactive ketones (excluding diaryl/α,β-unsaturated/α-hetero) is 1. The van der Waals surface area contributed by atoms with E-state index in [9.17, 15) is 4.79 Å². The lowest BCUT2D eigenvalue weighted by Crippen LogP contribution is -2.54. The highest BCUT2D eigenvalue weighted by Crippen LogP contribution is 2.33. The van der Waals surface area contributed by atoms with Crippen molar-refractivity contribution in [3.8, 4) is 0 Å². The quantitative estimate of drug-likeness (QED) is 0.630. The first kappa shape index (κ1) is 15.9. The average Bonchev–Trinajstić information content (AvgIpc) is 2.45. The van der Waals surface area contributed by atoms with Crippen LogP contribution >= 0.6 is 11.6 Å². The van der Waals surface area contributed by atoms with Crippen molar-refractivity contribution in [2.24, 2.45) is 11.8 Å². The molecule has 0 aromatic rings. The van der Waals surface area contributed by atoms with Gasteiger partial charge in [-0.25, -0.2) is 0 Å². The van der Waals surface area contributed by atoms with Crippen LogP contribution in [0.3, 0.4) is 0 Å². The summed E-state index contributed by atoms with van der Waals surface area (Å²) in [6, 6.07) is 0.641. The molecule has 5 atom stereocenters. The molecule has 0 aliphatic heterocycles. The van der Waals surface area contributed by atoms with E-state index in [-0.39, 0.29) is 17.1 Å². The van der Waals surface area contributed by atoms with E-state index in [4.69, 9.17) is 11.6 Å². The molecular formula is C14H27ClN2O. The zero-order chi connectivity index (χ0) is 13.9. The number of alkyl halides is 1. The van der Waals surface area contributed by atoms with Gasteiger partial charge in [-0.1, -0.05) is 13.8 Å². The van der Waals surface area contributed by atoms with E-state index in [1.54, 1.807) is 6.92 Å². The Balaban J connectivity index is 2.96. The normalized spacial score (nSPS) is 37.6. The minimum atomic E-state index is 0.0336. The van der Waals surface area contributed by atoms with E-state index in [0.29, 0.717) is 18.0 Å². The molecule has 1 rings (SSSR count). The predicted octanol–water partition coefficient (Wildman–Crippen LogP) is 2.14. The zero-order valence-electron chi connectivity index (χ0n) is 12.2. The second kappa shape index (κ2) is 6.88. The molecule has 1 N–H and O–H groups in total. The summed E-state index contributed by atoms with van der Waals surface area (Å²) in [4.78, 5) is 14.0. The molecule has 0 saturated heterocycles. The Morgan fingerprint density at radius 1 is 1.44 bits per heavy atom. The van der Waals surface area contributed by atoms with Crippen LogP contribution in [0.5, 0.6) is 0 Å². The van der Waals surface area contributed by atoms with Crippen LogP contribution in [0.4, 0.5) is 0 Å². The average molecular weight is 275 g/mol. The van der Waals surface area contributed by atoms with E-state index in [1.807, 2.05) is 7.05 Å². The monoisotopic (exact) mass is 274 g/mol. The molecule has 106 valence electrons. The maximum Gasteiger partial charge on any atom is 0.132 e. The van der Waals surface area contributed by atoms with E-state index >= 15 is 0 Å². The fourth-order valence-electron chi connectivity index (χ4n) is 3.21. The van der Waals surface area contributed by atoms with Crippen LogP contribution in [0.1, 0.15) is 33.6 Å². The molecule has 0 heterocycles. The summed E-state index contributed by atoms with van der Waals surface area (Å²) in [5, 5.41) is 3.45. The van der Waals surface area contributed by atoms with Gasteiger partial charge in [-0.3, -0.25) is 4.79 Å². The first-order valence-electron chi connectivity index (χ1n) is 6.94. The van der Waals surface area contributed by atoms with Gasteiger partial charge in [0.25, 0.3) is 0 Å². The van der Waals surface area contributed by atoms with E-state index in [0.717, 1.165) is 19.4 Å². The van der Waals surface area contributed by atoms with Gasteiger partial charge >= 0.3 is 0 Å². The van der Waals surface area contributed by atoms with Crippen LogP contribution < -0.4 is 5.32 Å². The van der Waals surface area contributed by atoms with Gasteiger partial charge in [0.15, 0.2) is 0 Å². The van der Waals surface area contributed by atoms with E-state index in [1.165, 1.54) is 0 Å². The lowest BCUT2D eigenvalue weighted by molar-refractivity contribution is -0.121. The van der Waals surface area contributed by atoms with Crippen LogP contribution in [0.15, 0.2) is 0 Å². The van der Waals surface area contributed by atoms with Crippen LogP contribution in [0, 0.1) is 11.8 Å². The number of hydrogen-bond donors (Lipinski definition) is 1. The SMILES string of the molecule is CCN(C)C1C(Cl)CC(C(C)=O)CC(C)C1NC. The van der Waals surface area contributed by atoms with Gasteiger partial charge in [-0.15, -0.1) is 11.6 Å². The maximum absolute atomic E-state index is 11.7. The van der Waals surface area contributed by atoms with E-state index in [2.05, 4.69) is 31.1 Å². The molecule has 4 heteroatoms. The Hall–Kier alpha value is -0.120. The number of hydrogen-bond acceptors (Lipinski definition) is 3. The van der Waals surface area contributed by atoms with Crippen molar-refractivity contribution in [2.45, 2.75) is 51.1 Å². The molecule has 0 aromatic heterocycles. The molecule has 5 unspecified atom stereocenters. The standard InChI is InChI=1S/C14H27ClN2O/c1-6-17(5)14-12(15)8-11(10(3)18)7-9(2)13(14)16-4/h9,11-14,16H,6-8H2,1-5H3. The Bertz CT molecular complexity index is 285. The van der Waals surface area contributed by atoms with Crippen molar-refractivity contribution >= 4 is 17.4 Å². The topological polar surface area (TPSA) is 32.3 Å². The summed E-state index contributed by atoms with van der Waals surface area (Å²) in [6.07, 6.45) is 1.74. The molecule has 0 amide bonds. The van der Waals surface area contributed by atoms with Gasteiger partial charge in [0.1, 0.15) is 5.78 Å². The Labute approximate surface area is 116 Å². The molecule has 0 radical (unpaired) electrons. The molecule has 0 aromatic carbocycles. The highest BCUT2D eigenvalue weighted by Gasteiger charge is 2.39. The number of ketones is 1. The van der Waals surface area contributed by atoms with Crippen LogP contribution in [0.2, 0.25) is 0 Å². The Kier molecular flexibility index (Phi) is 6.09. The van der Waals surface area contributed by atoms with Crippen LogP contribution in [0.25, 0.3) is 0 Å². The summed E-state index contributed by atoms with van der Waals surface area (Å²) in [5.41, 5.74) is 0. The summed E-state index contributed by atoms with van der Waals surface area (Å²) in [6.45, 7) is 7.04. The van der Waals surface area contributed by atoms with Crippen molar-refractivity contribution < 1.29 is 4.79 Å². The number of nitrogens with zero attached hydrogens (tertiary/aromatic N) is 1. The molecule has 1 fully saturated rings. The predicted molar refractivity (Wildman–Crippen MR) is 77.1 cm³/mol. The number of rotatable bonds is 4. The number of halogens is 1. The lowest BCUT2D eigenvalue weighted by atomic mass is 9.89. The smallest absolute Gasteiger partial charge is 0.132 e. The van der Waals surface area contributed by atoms with Gasteiger partial charge < -0.3 is 10.2 Å². The zero-order valence-corrected chi connectivity index (χ0v) is 13.0. The van der Waals surface area contributed by atoms with Gasteiger partial charge in [-0.05, 0) is 46.3 Å². The molecule has 18 heavy (non-hydrogen) atoms. The van der Waals surface area contributed by atoms with Crippen LogP contribution in [-0.4, -0.2) is 48.8 Å². The summed E-state index contributed by atoms with van der Waals surface area (Å²) in [7, 11) is 4.11. The number of carbonyl (C=O) groups is 1. The van der Waals surface area contributed by atoms with Crippen molar-refractivity contribution in [3.63, 3.8) is 0 Å². The highest BCUT2D eigenvalue weighted by molar-refractivity contribution is 6.21. The van der Waals surface area contributed by atoms with Crippen LogP contribution in [-0.2, 0) is 4.79 Å². The molecule has 0 bridgehead atoms. The second-order valence-corrected chi connectivity index (χ2v) is 6.21. The number of carbonyl (C=O) groups excluding carboxylic acids is 1. The minimum Gasteiger partial charge on any atom is -0.315 e. The lowest BCUT2D eigenvalue weighted by Gasteiger charge is -2.37. The Morgan fingerprint density at radius 3 is 2.50 bits per heavy atom. The van der Waals surface area contributed by atoms with Crippen molar-refractivity contribution in [1.29, 1.82) is 0 Å². The minimum absolute atomic E-state index is 0.0336. The largest absolute Gasteiger partial charge is 0.315 e. The molecule has 0 spiro atoms. The number of nitrogens with one attached hydrogen (secondary N) is 1. The number of likely N-dealkylation sites (N-methyl/N-ethyl adjacent to an activating group) is 2. The molecule has 3 nitrogen and oxygen atoms in total. The van der Waals surface area contributed by atoms with Crippen molar-refractivity contribution in [2.75, 3.05) is 20.6 Å². The van der Waals surface area contributed by atoms with Gasteiger partial charge in [0.05, 0.1) is 5.38 Å². The third-order valence-corrected chi connectivity index (χ3v) is 4.87. The molecule has 1 saturated carbocycles. The Morgan fingerprint density at radius 2 is 2.06 bits per heavy atom. The fourth-order valence-corrected chi connectivity index (χ4v) is 3.78. The first-order valence-corrected chi connectivity index (χ1v) is 7.38. The summed E-state index contributed by atoms with van der Waals surface area (Å²) >= 11 is 6.60. The molecular weight excluding hydrogens is 248 g/mol. The first-order chi connectivity index (χ1) is 8.42. The van der Waals surface area contributed by atoms with Crippen molar-refractivity contribution in [1.82, 2.24) is 10.2 Å². The fraction of sp³-hybridized carbons (Fsp3) is 0.929. The van der Waals surface area contributed by atoms with Crippen molar-refractivity contribution in [3.05, 3.63) is 0 Å². The van der Waals surface area contributed by atoms with E-state index < -0.39 is 0 Å². The summed E-state index contributed by atoms with van der Waals surface area (Å²) in [5.74, 6) is 0.863. The van der Waals surface area contributed by atoms with Gasteiger partial charge in [0.2, 0.25) is 0 Å². The summed E-state index contributed by atoms with van der Waals surface area (Å²) < 4.78 is 0. The third-order valence-electron chi connectivity index (χ3n) is 4.43. The molecule has 1 aliphatic rings. The van der Waals surface area contributed by atoms with Gasteiger partial charge in [0, 0.05) is 18.0 Å². The maximum atomic E-state index is 11.7. The second-order valence-electron chi connectivity index (χ2n) is 5.65. The highest BCUT2D eigenvalue weighted by atomic mass is 35.5. The molecule has 1 aliphatic carbocycles.